The van der Waals surface area contributed by atoms with Crippen LogP contribution in [0.3, 0.4) is 0 Å². The Morgan fingerprint density at radius 3 is 2.57 bits per heavy atom. The van der Waals surface area contributed by atoms with E-state index in [9.17, 15) is 4.79 Å². The van der Waals surface area contributed by atoms with Crippen LogP contribution in [0.5, 0.6) is 0 Å². The molecule has 122 valence electrons. The zero-order valence-electron chi connectivity index (χ0n) is 13.7. The van der Waals surface area contributed by atoms with Crippen molar-refractivity contribution in [3.05, 3.63) is 34.3 Å². The molecule has 1 aliphatic heterocycles. The zero-order valence-corrected chi connectivity index (χ0v) is 14.5. The fraction of sp³-hybridized carbons (Fsp3) is 0.438. The average Bonchev–Trinajstić information content (AvgIpc) is 3.08. The molecule has 2 aromatic heterocycles. The lowest BCUT2D eigenvalue weighted by Gasteiger charge is -2.35. The Morgan fingerprint density at radius 1 is 1.22 bits per heavy atom. The molecule has 23 heavy (non-hydrogen) atoms. The lowest BCUT2D eigenvalue weighted by molar-refractivity contribution is 0.0751. The number of hydrogen-bond donors (Lipinski definition) is 0. The third-order valence-corrected chi connectivity index (χ3v) is 4.75. The second kappa shape index (κ2) is 6.54. The number of hydrogen-bond acceptors (Lipinski definition) is 6. The molecule has 0 bridgehead atoms. The van der Waals surface area contributed by atoms with E-state index in [4.69, 9.17) is 0 Å². The minimum Gasteiger partial charge on any atom is -0.363 e. The van der Waals surface area contributed by atoms with Gasteiger partial charge in [0.05, 0.1) is 4.88 Å². The summed E-state index contributed by atoms with van der Waals surface area (Å²) >= 11 is 1.50. The van der Waals surface area contributed by atoms with E-state index in [2.05, 4.69) is 14.9 Å². The van der Waals surface area contributed by atoms with Gasteiger partial charge in [-0.15, -0.1) is 11.3 Å². The van der Waals surface area contributed by atoms with Crippen LogP contribution in [-0.4, -0.2) is 61.0 Å². The Hall–Kier alpha value is -2.15. The molecule has 1 fully saturated rings. The van der Waals surface area contributed by atoms with Gasteiger partial charge in [-0.25, -0.2) is 9.97 Å². The molecule has 6 nitrogen and oxygen atoms in total. The van der Waals surface area contributed by atoms with E-state index < -0.39 is 0 Å². The van der Waals surface area contributed by atoms with Gasteiger partial charge in [-0.05, 0) is 18.4 Å². The summed E-state index contributed by atoms with van der Waals surface area (Å²) in [6.45, 7) is 4.93. The molecule has 1 aliphatic rings. The van der Waals surface area contributed by atoms with Crippen LogP contribution >= 0.6 is 11.3 Å². The van der Waals surface area contributed by atoms with Crippen molar-refractivity contribution in [1.29, 1.82) is 0 Å². The van der Waals surface area contributed by atoms with E-state index in [1.165, 1.54) is 11.3 Å². The van der Waals surface area contributed by atoms with Gasteiger partial charge in [-0.3, -0.25) is 4.79 Å². The molecule has 0 spiro atoms. The molecule has 3 rings (SSSR count). The lowest BCUT2D eigenvalue weighted by atomic mass is 10.3. The standard InChI is InChI=1S/C16H21N5OS/c1-12-17-14(19(2)3)11-15(18-12)20-6-8-21(9-7-20)16(22)13-5-4-10-23-13/h4-5,10-11H,6-9H2,1-3H3. The maximum absolute atomic E-state index is 12.4. The Labute approximate surface area is 140 Å². The summed E-state index contributed by atoms with van der Waals surface area (Å²) in [5, 5.41) is 1.94. The highest BCUT2D eigenvalue weighted by Crippen LogP contribution is 2.20. The predicted octanol–water partition coefficient (Wildman–Crippen LogP) is 1.87. The van der Waals surface area contributed by atoms with Crippen molar-refractivity contribution >= 4 is 28.9 Å². The molecule has 1 saturated heterocycles. The van der Waals surface area contributed by atoms with Crippen molar-refractivity contribution in [2.45, 2.75) is 6.92 Å². The van der Waals surface area contributed by atoms with Gasteiger partial charge in [0.1, 0.15) is 17.5 Å². The number of anilines is 2. The first kappa shape index (κ1) is 15.7. The van der Waals surface area contributed by atoms with Gasteiger partial charge in [0, 0.05) is 46.3 Å². The number of aryl methyl sites for hydroxylation is 1. The van der Waals surface area contributed by atoms with Crippen LogP contribution in [0.2, 0.25) is 0 Å². The van der Waals surface area contributed by atoms with Crippen molar-refractivity contribution in [1.82, 2.24) is 14.9 Å². The summed E-state index contributed by atoms with van der Waals surface area (Å²) in [5.41, 5.74) is 0. The fourth-order valence-corrected chi connectivity index (χ4v) is 3.31. The second-order valence-electron chi connectivity index (χ2n) is 5.78. The van der Waals surface area contributed by atoms with Crippen LogP contribution in [0.25, 0.3) is 0 Å². The predicted molar refractivity (Wildman–Crippen MR) is 93.5 cm³/mol. The summed E-state index contributed by atoms with van der Waals surface area (Å²) in [5.74, 6) is 2.74. The molecule has 0 unspecified atom stereocenters. The number of thiophene rings is 1. The van der Waals surface area contributed by atoms with Gasteiger partial charge in [0.2, 0.25) is 0 Å². The number of carbonyl (C=O) groups excluding carboxylic acids is 1. The first-order valence-corrected chi connectivity index (χ1v) is 8.53. The molecule has 0 aromatic carbocycles. The molecule has 7 heteroatoms. The summed E-state index contributed by atoms with van der Waals surface area (Å²) in [6, 6.07) is 5.81. The number of aromatic nitrogens is 2. The highest BCUT2D eigenvalue weighted by atomic mass is 32.1. The van der Waals surface area contributed by atoms with E-state index in [1.54, 1.807) is 0 Å². The van der Waals surface area contributed by atoms with Crippen molar-refractivity contribution in [3.8, 4) is 0 Å². The summed E-state index contributed by atoms with van der Waals surface area (Å²) in [6.07, 6.45) is 0. The molecular weight excluding hydrogens is 310 g/mol. The van der Waals surface area contributed by atoms with Crippen LogP contribution in [0, 0.1) is 6.92 Å². The maximum Gasteiger partial charge on any atom is 0.264 e. The number of rotatable bonds is 3. The van der Waals surface area contributed by atoms with Gasteiger partial charge in [0.15, 0.2) is 0 Å². The van der Waals surface area contributed by atoms with Crippen LogP contribution in [0.1, 0.15) is 15.5 Å². The Morgan fingerprint density at radius 2 is 1.96 bits per heavy atom. The van der Waals surface area contributed by atoms with Crippen molar-refractivity contribution in [2.75, 3.05) is 50.1 Å². The van der Waals surface area contributed by atoms with Crippen molar-refractivity contribution in [2.24, 2.45) is 0 Å². The second-order valence-corrected chi connectivity index (χ2v) is 6.73. The molecule has 0 aliphatic carbocycles. The largest absolute Gasteiger partial charge is 0.363 e. The van der Waals surface area contributed by atoms with Gasteiger partial charge in [-0.2, -0.15) is 0 Å². The molecule has 0 saturated carbocycles. The van der Waals surface area contributed by atoms with Crippen molar-refractivity contribution in [3.63, 3.8) is 0 Å². The highest BCUT2D eigenvalue weighted by molar-refractivity contribution is 7.12. The smallest absolute Gasteiger partial charge is 0.264 e. The molecule has 2 aromatic rings. The third-order valence-electron chi connectivity index (χ3n) is 3.89. The van der Waals surface area contributed by atoms with E-state index in [-0.39, 0.29) is 5.91 Å². The molecule has 0 N–H and O–H groups in total. The quantitative estimate of drug-likeness (QED) is 0.859. The topological polar surface area (TPSA) is 52.6 Å². The number of nitrogens with zero attached hydrogens (tertiary/aromatic N) is 5. The van der Waals surface area contributed by atoms with Gasteiger partial charge in [0.25, 0.3) is 5.91 Å². The molecular formula is C16H21N5OS. The first-order chi connectivity index (χ1) is 11.0. The summed E-state index contributed by atoms with van der Waals surface area (Å²) in [7, 11) is 3.95. The van der Waals surface area contributed by atoms with Crippen LogP contribution < -0.4 is 9.80 Å². The summed E-state index contributed by atoms with van der Waals surface area (Å²) in [4.78, 5) is 28.3. The average molecular weight is 331 g/mol. The monoisotopic (exact) mass is 331 g/mol. The minimum atomic E-state index is 0.132. The van der Waals surface area contributed by atoms with Crippen molar-refractivity contribution < 1.29 is 4.79 Å². The van der Waals surface area contributed by atoms with E-state index in [0.29, 0.717) is 0 Å². The fourth-order valence-electron chi connectivity index (χ4n) is 2.62. The molecule has 1 amide bonds. The van der Waals surface area contributed by atoms with Gasteiger partial charge < -0.3 is 14.7 Å². The van der Waals surface area contributed by atoms with E-state index in [0.717, 1.165) is 48.5 Å². The molecule has 0 atom stereocenters. The minimum absolute atomic E-state index is 0.132. The normalized spacial score (nSPS) is 14.9. The zero-order chi connectivity index (χ0) is 16.4. The number of piperazine rings is 1. The Kier molecular flexibility index (Phi) is 4.47. The SMILES string of the molecule is Cc1nc(N(C)C)cc(N2CCN(C(=O)c3cccs3)CC2)n1. The third kappa shape index (κ3) is 3.44. The highest BCUT2D eigenvalue weighted by Gasteiger charge is 2.23. The maximum atomic E-state index is 12.4. The van der Waals surface area contributed by atoms with E-state index >= 15 is 0 Å². The molecule has 0 radical (unpaired) electrons. The van der Waals surface area contributed by atoms with Crippen LogP contribution in [0.4, 0.5) is 11.6 Å². The Balaban J connectivity index is 1.68. The lowest BCUT2D eigenvalue weighted by Crippen LogP contribution is -2.49. The van der Waals surface area contributed by atoms with Gasteiger partial charge in [-0.1, -0.05) is 6.07 Å². The van der Waals surface area contributed by atoms with E-state index in [1.807, 2.05) is 54.4 Å². The van der Waals surface area contributed by atoms with Crippen LogP contribution in [-0.2, 0) is 0 Å². The molecule has 3 heterocycles. The summed E-state index contributed by atoms with van der Waals surface area (Å²) < 4.78 is 0. The Bertz CT molecular complexity index is 678. The first-order valence-electron chi connectivity index (χ1n) is 7.65. The number of amides is 1. The van der Waals surface area contributed by atoms with Gasteiger partial charge >= 0.3 is 0 Å². The van der Waals surface area contributed by atoms with Crippen LogP contribution in [0.15, 0.2) is 23.6 Å². The number of carbonyl (C=O) groups is 1.